The molecule has 39 heavy (non-hydrogen) atoms. The number of nitrogens with zero attached hydrogens (tertiary/aromatic N) is 3. The molecule has 1 N–H and O–H groups in total. The third-order valence-electron chi connectivity index (χ3n) is 6.81. The van der Waals surface area contributed by atoms with E-state index in [0.29, 0.717) is 59.2 Å². The molecule has 1 aliphatic heterocycles. The Bertz CT molecular complexity index is 1410. The highest BCUT2D eigenvalue weighted by molar-refractivity contribution is 8.00. The number of para-hydroxylation sites is 1. The fourth-order valence-electron chi connectivity index (χ4n) is 4.95. The SMILES string of the molecule is COc1cccc2sc(C(=O)C3CCC(N(Cc4ccc5c(n4)NC(=O)CS5)C(=O)OC(C)(C)C)CC3)nc12. The summed E-state index contributed by atoms with van der Waals surface area (Å²) in [6.07, 6.45) is 2.23. The van der Waals surface area contributed by atoms with Crippen molar-refractivity contribution in [1.29, 1.82) is 0 Å². The van der Waals surface area contributed by atoms with Crippen molar-refractivity contribution in [3.05, 3.63) is 41.0 Å². The highest BCUT2D eigenvalue weighted by Gasteiger charge is 2.35. The van der Waals surface area contributed by atoms with Gasteiger partial charge < -0.3 is 14.8 Å². The first kappa shape index (κ1) is 27.4. The average Bonchev–Trinajstić information content (AvgIpc) is 3.35. The number of pyridine rings is 1. The van der Waals surface area contributed by atoms with Crippen molar-refractivity contribution in [3.63, 3.8) is 0 Å². The van der Waals surface area contributed by atoms with E-state index in [1.807, 2.05) is 51.1 Å². The Morgan fingerprint density at radius 3 is 2.59 bits per heavy atom. The molecule has 206 valence electrons. The molecular formula is C28H32N4O5S2. The lowest BCUT2D eigenvalue weighted by atomic mass is 9.83. The van der Waals surface area contributed by atoms with Crippen LogP contribution < -0.4 is 10.1 Å². The lowest BCUT2D eigenvalue weighted by molar-refractivity contribution is -0.113. The van der Waals surface area contributed by atoms with E-state index in [1.54, 1.807) is 12.0 Å². The van der Waals surface area contributed by atoms with Crippen molar-refractivity contribution in [2.75, 3.05) is 18.2 Å². The van der Waals surface area contributed by atoms with Gasteiger partial charge in [-0.1, -0.05) is 6.07 Å². The Labute approximate surface area is 235 Å². The number of nitrogens with one attached hydrogen (secondary N) is 1. The Morgan fingerprint density at radius 2 is 1.87 bits per heavy atom. The van der Waals surface area contributed by atoms with Crippen molar-refractivity contribution in [3.8, 4) is 5.75 Å². The first-order valence-corrected chi connectivity index (χ1v) is 14.8. The minimum Gasteiger partial charge on any atom is -0.494 e. The van der Waals surface area contributed by atoms with Crippen LogP contribution in [0.3, 0.4) is 0 Å². The number of amides is 2. The number of thiazole rings is 1. The number of fused-ring (bicyclic) bond motifs is 2. The van der Waals surface area contributed by atoms with Crippen molar-refractivity contribution >= 4 is 56.9 Å². The highest BCUT2D eigenvalue weighted by Crippen LogP contribution is 2.36. The van der Waals surface area contributed by atoms with Crippen LogP contribution in [0.5, 0.6) is 5.75 Å². The largest absolute Gasteiger partial charge is 0.494 e. The van der Waals surface area contributed by atoms with Gasteiger partial charge in [-0.3, -0.25) is 14.5 Å². The van der Waals surface area contributed by atoms with Gasteiger partial charge in [-0.15, -0.1) is 23.1 Å². The molecule has 3 aromatic rings. The predicted octanol–water partition coefficient (Wildman–Crippen LogP) is 5.92. The van der Waals surface area contributed by atoms with E-state index in [0.717, 1.165) is 9.60 Å². The lowest BCUT2D eigenvalue weighted by Crippen LogP contribution is -2.45. The molecule has 2 aliphatic rings. The molecule has 0 atom stereocenters. The Hall–Kier alpha value is -3.18. The van der Waals surface area contributed by atoms with Crippen LogP contribution in [0.1, 0.15) is 62.0 Å². The van der Waals surface area contributed by atoms with Crippen molar-refractivity contribution in [2.24, 2.45) is 5.92 Å². The maximum Gasteiger partial charge on any atom is 0.410 e. The van der Waals surface area contributed by atoms with E-state index in [4.69, 9.17) is 9.47 Å². The van der Waals surface area contributed by atoms with Crippen LogP contribution in [-0.4, -0.2) is 57.2 Å². The summed E-state index contributed by atoms with van der Waals surface area (Å²) in [4.78, 5) is 50.4. The molecule has 0 spiro atoms. The molecule has 0 radical (unpaired) electrons. The number of thioether (sulfide) groups is 1. The molecule has 1 aliphatic carbocycles. The van der Waals surface area contributed by atoms with Crippen LogP contribution >= 0.6 is 23.1 Å². The quantitative estimate of drug-likeness (QED) is 0.365. The monoisotopic (exact) mass is 568 g/mol. The summed E-state index contributed by atoms with van der Waals surface area (Å²) in [6, 6.07) is 9.40. The van der Waals surface area contributed by atoms with E-state index < -0.39 is 11.7 Å². The van der Waals surface area contributed by atoms with E-state index >= 15 is 0 Å². The minimum atomic E-state index is -0.649. The molecule has 9 nitrogen and oxygen atoms in total. The number of carbonyl (C=O) groups is 3. The smallest absolute Gasteiger partial charge is 0.410 e. The molecular weight excluding hydrogens is 536 g/mol. The van der Waals surface area contributed by atoms with Gasteiger partial charge >= 0.3 is 6.09 Å². The van der Waals surface area contributed by atoms with Gasteiger partial charge in [0.25, 0.3) is 0 Å². The number of hydrogen-bond donors (Lipinski definition) is 1. The topological polar surface area (TPSA) is 111 Å². The molecule has 1 saturated carbocycles. The van der Waals surface area contributed by atoms with E-state index in [9.17, 15) is 14.4 Å². The molecule has 11 heteroatoms. The van der Waals surface area contributed by atoms with Crippen LogP contribution in [0, 0.1) is 5.92 Å². The number of hydrogen-bond acceptors (Lipinski definition) is 9. The van der Waals surface area contributed by atoms with Gasteiger partial charge in [0.2, 0.25) is 5.91 Å². The van der Waals surface area contributed by atoms with Crippen LogP contribution in [-0.2, 0) is 16.1 Å². The first-order valence-electron chi connectivity index (χ1n) is 13.0. The van der Waals surface area contributed by atoms with Crippen molar-refractivity contribution in [1.82, 2.24) is 14.9 Å². The first-order chi connectivity index (χ1) is 18.6. The number of methoxy groups -OCH3 is 1. The summed E-state index contributed by atoms with van der Waals surface area (Å²) < 4.78 is 12.1. The maximum absolute atomic E-state index is 13.4. The van der Waals surface area contributed by atoms with Gasteiger partial charge in [-0.05, 0) is 70.7 Å². The molecule has 0 saturated heterocycles. The predicted molar refractivity (Wildman–Crippen MR) is 152 cm³/mol. The van der Waals surface area contributed by atoms with Crippen molar-refractivity contribution < 1.29 is 23.9 Å². The summed E-state index contributed by atoms with van der Waals surface area (Å²) >= 11 is 2.84. The Kier molecular flexibility index (Phi) is 7.82. The zero-order valence-corrected chi connectivity index (χ0v) is 24.1. The van der Waals surface area contributed by atoms with Gasteiger partial charge in [0.1, 0.15) is 22.7 Å². The van der Waals surface area contributed by atoms with Crippen LogP contribution in [0.15, 0.2) is 35.2 Å². The second-order valence-corrected chi connectivity index (χ2v) is 12.8. The molecule has 5 rings (SSSR count). The number of benzene rings is 1. The molecule has 2 amide bonds. The second kappa shape index (κ2) is 11.1. The molecule has 3 heterocycles. The zero-order chi connectivity index (χ0) is 27.7. The number of aromatic nitrogens is 2. The molecule has 0 bridgehead atoms. The number of Topliss-reactive ketones (excluding diaryl/α,β-unsaturated/α-hetero) is 1. The summed E-state index contributed by atoms with van der Waals surface area (Å²) in [6.45, 7) is 5.78. The Morgan fingerprint density at radius 1 is 1.10 bits per heavy atom. The standard InChI is InChI=1S/C28H32N4O5S2/c1-28(2,3)37-27(35)32(14-17-10-13-21-25(29-17)30-22(33)15-38-21)18-11-8-16(9-12-18)24(34)26-31-23-19(36-4)6-5-7-20(23)39-26/h5-7,10,13,16,18H,8-9,11-12,14-15H2,1-4H3,(H,29,30,33). The van der Waals surface area contributed by atoms with Crippen LogP contribution in [0.25, 0.3) is 10.2 Å². The summed E-state index contributed by atoms with van der Waals surface area (Å²) in [5.41, 5.74) is 0.735. The summed E-state index contributed by atoms with van der Waals surface area (Å²) in [5.74, 6) is 1.36. The number of carbonyl (C=O) groups excluding carboxylic acids is 3. The molecule has 1 fully saturated rings. The van der Waals surface area contributed by atoms with Crippen molar-refractivity contribution in [2.45, 2.75) is 69.5 Å². The van der Waals surface area contributed by atoms with Gasteiger partial charge in [-0.25, -0.2) is 14.8 Å². The fourth-order valence-corrected chi connectivity index (χ4v) is 6.71. The Balaban J connectivity index is 1.30. The summed E-state index contributed by atoms with van der Waals surface area (Å²) in [7, 11) is 1.60. The lowest BCUT2D eigenvalue weighted by Gasteiger charge is -2.37. The summed E-state index contributed by atoms with van der Waals surface area (Å²) in [5, 5.41) is 3.32. The molecule has 0 unspecified atom stereocenters. The molecule has 1 aromatic carbocycles. The van der Waals surface area contributed by atoms with Gasteiger partial charge in [0.15, 0.2) is 10.8 Å². The number of anilines is 1. The van der Waals surface area contributed by atoms with Gasteiger partial charge in [0.05, 0.1) is 34.7 Å². The third kappa shape index (κ3) is 6.19. The average molecular weight is 569 g/mol. The number of rotatable bonds is 6. The zero-order valence-electron chi connectivity index (χ0n) is 22.5. The molecule has 2 aromatic heterocycles. The maximum atomic E-state index is 13.4. The van der Waals surface area contributed by atoms with E-state index in [1.165, 1.54) is 23.1 Å². The van der Waals surface area contributed by atoms with Crippen LogP contribution in [0.2, 0.25) is 0 Å². The third-order valence-corrected chi connectivity index (χ3v) is 8.90. The normalized spacial score (nSPS) is 19.2. The number of ether oxygens (including phenoxy) is 2. The minimum absolute atomic E-state index is 0.0464. The number of ketones is 1. The van der Waals surface area contributed by atoms with E-state index in [-0.39, 0.29) is 30.2 Å². The van der Waals surface area contributed by atoms with Gasteiger partial charge in [-0.2, -0.15) is 0 Å². The highest BCUT2D eigenvalue weighted by atomic mass is 32.2. The fraction of sp³-hybridized carbons (Fsp3) is 0.464. The second-order valence-electron chi connectivity index (χ2n) is 10.8. The van der Waals surface area contributed by atoms with E-state index in [2.05, 4.69) is 15.3 Å². The van der Waals surface area contributed by atoms with Gasteiger partial charge in [0, 0.05) is 12.0 Å². The van der Waals surface area contributed by atoms with Crippen LogP contribution in [0.4, 0.5) is 10.6 Å².